The van der Waals surface area contributed by atoms with E-state index in [4.69, 9.17) is 10.9 Å². The van der Waals surface area contributed by atoms with Crippen molar-refractivity contribution in [1.29, 1.82) is 0 Å². The zero-order valence-corrected chi connectivity index (χ0v) is 11.4. The first kappa shape index (κ1) is 14.8. The molecule has 0 aliphatic heterocycles. The predicted octanol–water partition coefficient (Wildman–Crippen LogP) is 1.94. The number of hydrogen-bond acceptors (Lipinski definition) is 3. The van der Waals surface area contributed by atoms with Gasteiger partial charge in [-0.05, 0) is 19.3 Å². The number of amidine groups is 1. The molecule has 1 fully saturated rings. The van der Waals surface area contributed by atoms with Gasteiger partial charge in [0, 0.05) is 25.9 Å². The molecule has 1 rings (SSSR count). The highest BCUT2D eigenvalue weighted by atomic mass is 16.4. The van der Waals surface area contributed by atoms with Gasteiger partial charge in [0.15, 0.2) is 0 Å². The lowest BCUT2D eigenvalue weighted by Crippen LogP contribution is -2.37. The fourth-order valence-corrected chi connectivity index (χ4v) is 2.53. The van der Waals surface area contributed by atoms with Crippen LogP contribution >= 0.6 is 0 Å². The van der Waals surface area contributed by atoms with Crippen LogP contribution in [0.4, 0.5) is 0 Å². The molecule has 0 radical (unpaired) electrons. The average molecular weight is 255 g/mol. The van der Waals surface area contributed by atoms with Crippen molar-refractivity contribution in [1.82, 2.24) is 4.90 Å². The Morgan fingerprint density at radius 2 is 2.11 bits per heavy atom. The minimum Gasteiger partial charge on any atom is -0.409 e. The number of amides is 1. The van der Waals surface area contributed by atoms with E-state index in [1.807, 2.05) is 6.92 Å². The summed E-state index contributed by atoms with van der Waals surface area (Å²) in [5.74, 6) is 1.06. The third kappa shape index (κ3) is 4.55. The molecule has 1 saturated carbocycles. The first-order chi connectivity index (χ1) is 8.54. The highest BCUT2D eigenvalue weighted by Crippen LogP contribution is 2.28. The molecule has 5 heteroatoms. The first-order valence-corrected chi connectivity index (χ1v) is 6.76. The molecule has 1 aliphatic carbocycles. The number of rotatable bonds is 6. The predicted molar refractivity (Wildman–Crippen MR) is 71.4 cm³/mol. The van der Waals surface area contributed by atoms with Crippen LogP contribution in [-0.4, -0.2) is 34.9 Å². The molecule has 1 amide bonds. The van der Waals surface area contributed by atoms with Crippen molar-refractivity contribution in [2.24, 2.45) is 16.8 Å². The minimum absolute atomic E-state index is 0.0306. The third-order valence-electron chi connectivity index (χ3n) is 3.93. The zero-order chi connectivity index (χ0) is 13.5. The average Bonchev–Trinajstić information content (AvgIpc) is 2.87. The largest absolute Gasteiger partial charge is 0.409 e. The molecule has 3 N–H and O–H groups in total. The van der Waals surface area contributed by atoms with Crippen LogP contribution in [0.25, 0.3) is 0 Å². The van der Waals surface area contributed by atoms with Crippen molar-refractivity contribution in [3.63, 3.8) is 0 Å². The zero-order valence-electron chi connectivity index (χ0n) is 11.4. The van der Waals surface area contributed by atoms with E-state index in [0.29, 0.717) is 12.8 Å². The maximum Gasteiger partial charge on any atom is 0.222 e. The Hall–Kier alpha value is -1.26. The monoisotopic (exact) mass is 255 g/mol. The summed E-state index contributed by atoms with van der Waals surface area (Å²) in [5, 5.41) is 11.4. The van der Waals surface area contributed by atoms with Gasteiger partial charge in [0.05, 0.1) is 0 Å². The van der Waals surface area contributed by atoms with Crippen molar-refractivity contribution in [3.8, 4) is 0 Å². The van der Waals surface area contributed by atoms with Gasteiger partial charge in [-0.3, -0.25) is 4.79 Å². The van der Waals surface area contributed by atoms with Gasteiger partial charge in [-0.1, -0.05) is 30.8 Å². The van der Waals surface area contributed by atoms with Crippen LogP contribution in [0.15, 0.2) is 5.16 Å². The summed E-state index contributed by atoms with van der Waals surface area (Å²) < 4.78 is 0. The van der Waals surface area contributed by atoms with E-state index in [1.54, 1.807) is 11.9 Å². The third-order valence-corrected chi connectivity index (χ3v) is 3.93. The van der Waals surface area contributed by atoms with Crippen LogP contribution in [0.1, 0.15) is 51.9 Å². The van der Waals surface area contributed by atoms with Crippen LogP contribution in [-0.2, 0) is 4.79 Å². The Morgan fingerprint density at radius 3 is 2.67 bits per heavy atom. The summed E-state index contributed by atoms with van der Waals surface area (Å²) in [5.41, 5.74) is 5.45. The van der Waals surface area contributed by atoms with Crippen molar-refractivity contribution >= 4 is 11.7 Å². The van der Waals surface area contributed by atoms with Gasteiger partial charge in [0.25, 0.3) is 0 Å². The van der Waals surface area contributed by atoms with Crippen molar-refractivity contribution < 1.29 is 10.0 Å². The molecule has 0 saturated heterocycles. The second-order valence-corrected chi connectivity index (χ2v) is 5.34. The van der Waals surface area contributed by atoms with Gasteiger partial charge in [-0.2, -0.15) is 0 Å². The summed E-state index contributed by atoms with van der Waals surface area (Å²) in [4.78, 5) is 13.7. The fraction of sp³-hybridized carbons (Fsp3) is 0.846. The molecule has 1 unspecified atom stereocenters. The molecular weight excluding hydrogens is 230 g/mol. The molecule has 1 atom stereocenters. The van der Waals surface area contributed by atoms with E-state index < -0.39 is 0 Å². The van der Waals surface area contributed by atoms with Crippen molar-refractivity contribution in [2.45, 2.75) is 57.9 Å². The van der Waals surface area contributed by atoms with Crippen LogP contribution in [0.2, 0.25) is 0 Å². The maximum atomic E-state index is 12.0. The number of carbonyl (C=O) groups is 1. The van der Waals surface area contributed by atoms with Crippen molar-refractivity contribution in [3.05, 3.63) is 0 Å². The molecule has 1 aliphatic rings. The van der Waals surface area contributed by atoms with Gasteiger partial charge >= 0.3 is 0 Å². The molecule has 104 valence electrons. The van der Waals surface area contributed by atoms with E-state index in [2.05, 4.69) is 5.16 Å². The lowest BCUT2D eigenvalue weighted by atomic mass is 10.0. The topological polar surface area (TPSA) is 78.9 Å². The summed E-state index contributed by atoms with van der Waals surface area (Å²) in [6.07, 6.45) is 7.19. The Morgan fingerprint density at radius 1 is 1.50 bits per heavy atom. The van der Waals surface area contributed by atoms with E-state index >= 15 is 0 Å². The van der Waals surface area contributed by atoms with E-state index in [-0.39, 0.29) is 17.8 Å². The van der Waals surface area contributed by atoms with Gasteiger partial charge in [0.2, 0.25) is 5.91 Å². The number of hydrogen-bond donors (Lipinski definition) is 2. The summed E-state index contributed by atoms with van der Waals surface area (Å²) >= 11 is 0. The molecule has 18 heavy (non-hydrogen) atoms. The SMILES string of the molecule is CC(CC(N)=NO)N(C)C(=O)CCC1CCCC1. The molecule has 0 aromatic heterocycles. The number of nitrogens with two attached hydrogens (primary N) is 1. The highest BCUT2D eigenvalue weighted by molar-refractivity contribution is 5.81. The molecular formula is C13H25N3O2. The molecule has 0 aromatic carbocycles. The van der Waals surface area contributed by atoms with E-state index in [9.17, 15) is 4.79 Å². The Balaban J connectivity index is 2.30. The Labute approximate surface area is 109 Å². The van der Waals surface area contributed by atoms with Crippen molar-refractivity contribution in [2.75, 3.05) is 7.05 Å². The van der Waals surface area contributed by atoms with E-state index in [1.165, 1.54) is 25.7 Å². The maximum absolute atomic E-state index is 12.0. The normalized spacial score (nSPS) is 18.9. The summed E-state index contributed by atoms with van der Waals surface area (Å²) in [7, 11) is 1.78. The molecule has 0 bridgehead atoms. The van der Waals surface area contributed by atoms with Crippen LogP contribution in [0.5, 0.6) is 0 Å². The fourth-order valence-electron chi connectivity index (χ4n) is 2.53. The molecule has 0 aromatic rings. The summed E-state index contributed by atoms with van der Waals surface area (Å²) in [6.45, 7) is 1.91. The van der Waals surface area contributed by atoms with E-state index in [0.717, 1.165) is 12.3 Å². The second-order valence-electron chi connectivity index (χ2n) is 5.34. The number of carbonyl (C=O) groups excluding carboxylic acids is 1. The highest BCUT2D eigenvalue weighted by Gasteiger charge is 2.20. The Kier molecular flexibility index (Phi) is 5.95. The number of oxime groups is 1. The molecule has 0 spiro atoms. The van der Waals surface area contributed by atoms with Crippen LogP contribution < -0.4 is 5.73 Å². The van der Waals surface area contributed by atoms with Gasteiger partial charge < -0.3 is 15.8 Å². The number of nitrogens with zero attached hydrogens (tertiary/aromatic N) is 2. The van der Waals surface area contributed by atoms with Crippen LogP contribution in [0.3, 0.4) is 0 Å². The molecule has 0 heterocycles. The van der Waals surface area contributed by atoms with Crippen LogP contribution in [0, 0.1) is 5.92 Å². The Bertz CT molecular complexity index is 299. The summed E-state index contributed by atoms with van der Waals surface area (Å²) in [6, 6.07) is -0.0306. The second kappa shape index (κ2) is 7.24. The van der Waals surface area contributed by atoms with Gasteiger partial charge in [-0.25, -0.2) is 0 Å². The van der Waals surface area contributed by atoms with Gasteiger partial charge in [0.1, 0.15) is 5.84 Å². The van der Waals surface area contributed by atoms with Gasteiger partial charge in [-0.15, -0.1) is 0 Å². The minimum atomic E-state index is -0.0306. The molecule has 5 nitrogen and oxygen atoms in total. The lowest BCUT2D eigenvalue weighted by molar-refractivity contribution is -0.131. The quantitative estimate of drug-likeness (QED) is 0.329. The first-order valence-electron chi connectivity index (χ1n) is 6.76. The lowest BCUT2D eigenvalue weighted by Gasteiger charge is -2.25. The smallest absolute Gasteiger partial charge is 0.222 e. The standard InChI is InChI=1S/C13H25N3O2/c1-10(9-12(14)15-18)16(2)13(17)8-7-11-5-3-4-6-11/h10-11,18H,3-9H2,1-2H3,(H2,14,15).